The number of nitrogens with zero attached hydrogens (tertiary/aromatic N) is 1. The zero-order valence-corrected chi connectivity index (χ0v) is 13.5. The van der Waals surface area contributed by atoms with E-state index in [0.717, 1.165) is 12.1 Å². The van der Waals surface area contributed by atoms with E-state index >= 15 is 0 Å². The van der Waals surface area contributed by atoms with E-state index in [4.69, 9.17) is 16.3 Å². The van der Waals surface area contributed by atoms with Crippen LogP contribution in [0.5, 0.6) is 0 Å². The summed E-state index contributed by atoms with van der Waals surface area (Å²) in [6.45, 7) is 1.22. The zero-order valence-electron chi connectivity index (χ0n) is 12.0. The minimum Gasteiger partial charge on any atom is -0.385 e. The maximum absolute atomic E-state index is 11.9. The van der Waals surface area contributed by atoms with Gasteiger partial charge in [-0.1, -0.05) is 0 Å². The SMILES string of the molecule is COCC(Cl)CCNc1ccc(S(=O)(=O)N(C)C)cc1. The molecule has 1 aromatic carbocycles. The highest BCUT2D eigenvalue weighted by atomic mass is 35.5. The van der Waals surface area contributed by atoms with Crippen LogP contribution >= 0.6 is 11.6 Å². The van der Waals surface area contributed by atoms with Crippen molar-refractivity contribution in [2.24, 2.45) is 0 Å². The van der Waals surface area contributed by atoms with Crippen LogP contribution in [-0.2, 0) is 14.8 Å². The second kappa shape index (κ2) is 7.83. The van der Waals surface area contributed by atoms with Crippen LogP contribution in [0.4, 0.5) is 5.69 Å². The first-order valence-corrected chi connectivity index (χ1v) is 8.15. The number of nitrogens with one attached hydrogen (secondary N) is 1. The van der Waals surface area contributed by atoms with Crippen molar-refractivity contribution in [3.63, 3.8) is 0 Å². The molecule has 0 aromatic heterocycles. The molecule has 0 aliphatic carbocycles. The molecule has 0 spiro atoms. The largest absolute Gasteiger partial charge is 0.385 e. The van der Waals surface area contributed by atoms with E-state index in [1.165, 1.54) is 18.4 Å². The third kappa shape index (κ3) is 4.94. The standard InChI is InChI=1S/C13H21ClN2O3S/c1-16(2)20(17,18)13-6-4-12(5-7-13)15-9-8-11(14)10-19-3/h4-7,11,15H,8-10H2,1-3H3. The smallest absolute Gasteiger partial charge is 0.242 e. The number of hydrogen-bond donors (Lipinski definition) is 1. The zero-order chi connectivity index (χ0) is 15.2. The molecule has 0 aliphatic rings. The predicted octanol–water partition coefficient (Wildman–Crippen LogP) is 1.99. The van der Waals surface area contributed by atoms with E-state index < -0.39 is 10.0 Å². The Bertz CT molecular complexity index is 503. The van der Waals surface area contributed by atoms with Gasteiger partial charge in [0.2, 0.25) is 10.0 Å². The molecule has 1 aromatic rings. The normalized spacial score (nSPS) is 13.4. The topological polar surface area (TPSA) is 58.6 Å². The van der Waals surface area contributed by atoms with Crippen molar-refractivity contribution < 1.29 is 13.2 Å². The highest BCUT2D eigenvalue weighted by Crippen LogP contribution is 2.16. The first kappa shape index (κ1) is 17.2. The molecule has 0 radical (unpaired) electrons. The van der Waals surface area contributed by atoms with E-state index in [-0.39, 0.29) is 10.3 Å². The van der Waals surface area contributed by atoms with Gasteiger partial charge in [-0.2, -0.15) is 0 Å². The Hall–Kier alpha value is -0.820. The monoisotopic (exact) mass is 320 g/mol. The van der Waals surface area contributed by atoms with Gasteiger partial charge in [0.05, 0.1) is 16.9 Å². The third-order valence-electron chi connectivity index (χ3n) is 2.77. The number of rotatable bonds is 8. The van der Waals surface area contributed by atoms with Crippen LogP contribution in [0.3, 0.4) is 0 Å². The minimum atomic E-state index is -3.37. The van der Waals surface area contributed by atoms with Gasteiger partial charge in [0, 0.05) is 33.4 Å². The maximum Gasteiger partial charge on any atom is 0.242 e. The molecular formula is C13H21ClN2O3S. The Labute approximate surface area is 125 Å². The molecule has 0 bridgehead atoms. The summed E-state index contributed by atoms with van der Waals surface area (Å²) in [4.78, 5) is 0.280. The maximum atomic E-state index is 11.9. The third-order valence-corrected chi connectivity index (χ3v) is 4.94. The fourth-order valence-corrected chi connectivity index (χ4v) is 2.73. The number of sulfonamides is 1. The Morgan fingerprint density at radius 1 is 1.30 bits per heavy atom. The van der Waals surface area contributed by atoms with E-state index in [2.05, 4.69) is 5.32 Å². The van der Waals surface area contributed by atoms with E-state index in [1.807, 2.05) is 0 Å². The first-order chi connectivity index (χ1) is 9.37. The van der Waals surface area contributed by atoms with Gasteiger partial charge in [0.15, 0.2) is 0 Å². The lowest BCUT2D eigenvalue weighted by Gasteiger charge is -2.13. The molecule has 0 amide bonds. The number of methoxy groups -OCH3 is 1. The lowest BCUT2D eigenvalue weighted by atomic mass is 10.3. The lowest BCUT2D eigenvalue weighted by molar-refractivity contribution is 0.196. The summed E-state index contributed by atoms with van der Waals surface area (Å²) in [5, 5.41) is 3.17. The number of ether oxygens (including phenoxy) is 1. The summed E-state index contributed by atoms with van der Waals surface area (Å²) < 4.78 is 29.9. The van der Waals surface area contributed by atoms with Gasteiger partial charge in [-0.3, -0.25) is 0 Å². The molecule has 20 heavy (non-hydrogen) atoms. The molecule has 1 unspecified atom stereocenters. The highest BCUT2D eigenvalue weighted by Gasteiger charge is 2.16. The molecule has 5 nitrogen and oxygen atoms in total. The van der Waals surface area contributed by atoms with Crippen LogP contribution in [0.1, 0.15) is 6.42 Å². The van der Waals surface area contributed by atoms with Crippen LogP contribution in [0.25, 0.3) is 0 Å². The van der Waals surface area contributed by atoms with Crippen molar-refractivity contribution in [3.05, 3.63) is 24.3 Å². The fourth-order valence-electron chi connectivity index (χ4n) is 1.59. The molecule has 0 aliphatic heterocycles. The van der Waals surface area contributed by atoms with Gasteiger partial charge in [-0.25, -0.2) is 12.7 Å². The van der Waals surface area contributed by atoms with Crippen molar-refractivity contribution in [3.8, 4) is 0 Å². The molecule has 0 fully saturated rings. The predicted molar refractivity (Wildman–Crippen MR) is 81.9 cm³/mol. The van der Waals surface area contributed by atoms with Crippen molar-refractivity contribution in [2.45, 2.75) is 16.7 Å². The summed E-state index contributed by atoms with van der Waals surface area (Å²) in [5.41, 5.74) is 0.865. The van der Waals surface area contributed by atoms with E-state index in [9.17, 15) is 8.42 Å². The average molecular weight is 321 g/mol. The average Bonchev–Trinajstić information content (AvgIpc) is 2.39. The number of anilines is 1. The minimum absolute atomic E-state index is 0.0270. The van der Waals surface area contributed by atoms with Crippen molar-refractivity contribution in [1.82, 2.24) is 4.31 Å². The van der Waals surface area contributed by atoms with Crippen LogP contribution in [0.2, 0.25) is 0 Å². The lowest BCUT2D eigenvalue weighted by Crippen LogP contribution is -2.22. The summed E-state index contributed by atoms with van der Waals surface area (Å²) in [6, 6.07) is 6.67. The Balaban J connectivity index is 2.56. The molecule has 114 valence electrons. The van der Waals surface area contributed by atoms with Gasteiger partial charge in [-0.05, 0) is 30.7 Å². The van der Waals surface area contributed by atoms with Gasteiger partial charge >= 0.3 is 0 Å². The molecule has 1 atom stereocenters. The van der Waals surface area contributed by atoms with E-state index in [1.54, 1.807) is 31.4 Å². The number of halogens is 1. The number of alkyl halides is 1. The van der Waals surface area contributed by atoms with Crippen molar-refractivity contribution in [1.29, 1.82) is 0 Å². The van der Waals surface area contributed by atoms with Crippen LogP contribution in [0.15, 0.2) is 29.2 Å². The summed E-state index contributed by atoms with van der Waals surface area (Å²) >= 11 is 6.02. The summed E-state index contributed by atoms with van der Waals surface area (Å²) in [7, 11) is 1.27. The second-order valence-corrected chi connectivity index (χ2v) is 7.35. The Morgan fingerprint density at radius 2 is 1.90 bits per heavy atom. The Morgan fingerprint density at radius 3 is 2.40 bits per heavy atom. The van der Waals surface area contributed by atoms with Crippen molar-refractivity contribution >= 4 is 27.3 Å². The molecule has 7 heteroatoms. The summed E-state index contributed by atoms with van der Waals surface area (Å²) in [5.74, 6) is 0. The highest BCUT2D eigenvalue weighted by molar-refractivity contribution is 7.89. The Kier molecular flexibility index (Phi) is 6.75. The van der Waals surface area contributed by atoms with Gasteiger partial charge in [-0.15, -0.1) is 11.6 Å². The number of hydrogen-bond acceptors (Lipinski definition) is 4. The summed E-state index contributed by atoms with van der Waals surface area (Å²) in [6.07, 6.45) is 0.771. The molecule has 0 saturated carbocycles. The molecule has 0 heterocycles. The molecule has 1 N–H and O–H groups in total. The quantitative estimate of drug-likeness (QED) is 0.744. The van der Waals surface area contributed by atoms with Crippen LogP contribution in [-0.4, -0.2) is 52.5 Å². The van der Waals surface area contributed by atoms with Crippen LogP contribution < -0.4 is 5.32 Å². The molecule has 0 saturated heterocycles. The van der Waals surface area contributed by atoms with Crippen LogP contribution in [0, 0.1) is 0 Å². The second-order valence-electron chi connectivity index (χ2n) is 4.58. The molecular weight excluding hydrogens is 300 g/mol. The van der Waals surface area contributed by atoms with Gasteiger partial charge < -0.3 is 10.1 Å². The van der Waals surface area contributed by atoms with Gasteiger partial charge in [0.25, 0.3) is 0 Å². The first-order valence-electron chi connectivity index (χ1n) is 6.27. The van der Waals surface area contributed by atoms with Gasteiger partial charge in [0.1, 0.15) is 0 Å². The van der Waals surface area contributed by atoms with E-state index in [0.29, 0.717) is 13.2 Å². The van der Waals surface area contributed by atoms with Crippen molar-refractivity contribution in [2.75, 3.05) is 39.7 Å². The fraction of sp³-hybridized carbons (Fsp3) is 0.538. The number of benzene rings is 1. The molecule has 1 rings (SSSR count).